The van der Waals surface area contributed by atoms with Crippen LogP contribution in [-0.2, 0) is 0 Å². The number of nitrogens with two attached hydrogens (primary N) is 1. The second-order valence-electron chi connectivity index (χ2n) is 4.58. The van der Waals surface area contributed by atoms with Crippen molar-refractivity contribution in [3.63, 3.8) is 0 Å². The highest BCUT2D eigenvalue weighted by molar-refractivity contribution is 7.99. The van der Waals surface area contributed by atoms with Crippen LogP contribution in [0.2, 0.25) is 0 Å². The molecule has 5 heteroatoms. The molecule has 1 fully saturated rings. The number of hydrogen-bond acceptors (Lipinski definition) is 3. The van der Waals surface area contributed by atoms with Crippen molar-refractivity contribution in [1.29, 1.82) is 0 Å². The number of likely N-dealkylation sites (N-methyl/N-ethyl adjacent to an activating group) is 1. The molecule has 17 heavy (non-hydrogen) atoms. The summed E-state index contributed by atoms with van der Waals surface area (Å²) in [7, 11) is 0. The summed E-state index contributed by atoms with van der Waals surface area (Å²) in [6, 6.07) is 0.631. The maximum atomic E-state index is 5.85. The van der Waals surface area contributed by atoms with Crippen LogP contribution in [0.15, 0.2) is 4.99 Å². The molecule has 0 aromatic heterocycles. The Labute approximate surface area is 109 Å². The molecule has 0 aromatic rings. The van der Waals surface area contributed by atoms with E-state index < -0.39 is 0 Å². The third-order valence-electron chi connectivity index (χ3n) is 3.35. The van der Waals surface area contributed by atoms with Crippen LogP contribution < -0.4 is 11.1 Å². The molecule has 0 bridgehead atoms. The average Bonchev–Trinajstić information content (AvgIpc) is 2.80. The molecule has 0 saturated carbocycles. The summed E-state index contributed by atoms with van der Waals surface area (Å²) in [5.41, 5.74) is 5.85. The zero-order chi connectivity index (χ0) is 12.7. The molecule has 0 amide bonds. The molecule has 2 atom stereocenters. The molecule has 0 radical (unpaired) electrons. The van der Waals surface area contributed by atoms with Gasteiger partial charge in [0.05, 0.1) is 6.54 Å². The molecule has 0 aromatic carbocycles. The molecule has 1 aliphatic heterocycles. The first-order valence-electron chi connectivity index (χ1n) is 6.48. The van der Waals surface area contributed by atoms with Crippen LogP contribution in [0.5, 0.6) is 0 Å². The normalized spacial score (nSPS) is 23.9. The summed E-state index contributed by atoms with van der Waals surface area (Å²) in [4.78, 5) is 6.86. The fourth-order valence-corrected chi connectivity index (χ4v) is 2.35. The van der Waals surface area contributed by atoms with E-state index in [4.69, 9.17) is 5.73 Å². The molecular weight excluding hydrogens is 232 g/mol. The second kappa shape index (κ2) is 7.82. The van der Waals surface area contributed by atoms with Gasteiger partial charge < -0.3 is 11.1 Å². The van der Waals surface area contributed by atoms with E-state index in [-0.39, 0.29) is 0 Å². The minimum atomic E-state index is 0.536. The highest BCUT2D eigenvalue weighted by Crippen LogP contribution is 2.15. The number of rotatable bonds is 6. The number of nitrogens with one attached hydrogen (secondary N) is 1. The van der Waals surface area contributed by atoms with Crippen LogP contribution >= 0.6 is 11.8 Å². The Morgan fingerprint density at radius 1 is 1.65 bits per heavy atom. The molecule has 3 N–H and O–H groups in total. The van der Waals surface area contributed by atoms with Crippen LogP contribution in [0.1, 0.15) is 26.7 Å². The van der Waals surface area contributed by atoms with E-state index in [2.05, 4.69) is 35.3 Å². The van der Waals surface area contributed by atoms with Crippen LogP contribution in [0.3, 0.4) is 0 Å². The van der Waals surface area contributed by atoms with E-state index in [0.29, 0.717) is 17.3 Å². The Morgan fingerprint density at radius 2 is 2.41 bits per heavy atom. The number of aliphatic imine (C=N–C) groups is 1. The van der Waals surface area contributed by atoms with Gasteiger partial charge in [0.2, 0.25) is 0 Å². The molecule has 1 heterocycles. The van der Waals surface area contributed by atoms with Gasteiger partial charge in [-0.2, -0.15) is 11.8 Å². The summed E-state index contributed by atoms with van der Waals surface area (Å²) in [6.45, 7) is 8.46. The van der Waals surface area contributed by atoms with Crippen molar-refractivity contribution >= 4 is 17.7 Å². The molecule has 1 rings (SSSR count). The number of hydrogen-bond donors (Lipinski definition) is 2. The first kappa shape index (κ1) is 14.6. The molecule has 4 nitrogen and oxygen atoms in total. The molecule has 1 aliphatic rings. The quantitative estimate of drug-likeness (QED) is 0.554. The Hall–Kier alpha value is -0.420. The Kier molecular flexibility index (Phi) is 6.73. The number of guanidine groups is 1. The largest absolute Gasteiger partial charge is 0.370 e. The van der Waals surface area contributed by atoms with Gasteiger partial charge in [0.15, 0.2) is 5.96 Å². The lowest BCUT2D eigenvalue weighted by Crippen LogP contribution is -2.42. The van der Waals surface area contributed by atoms with Crippen LogP contribution in [0.4, 0.5) is 0 Å². The second-order valence-corrected chi connectivity index (χ2v) is 5.85. The van der Waals surface area contributed by atoms with E-state index in [1.54, 1.807) is 0 Å². The highest BCUT2D eigenvalue weighted by atomic mass is 32.2. The molecule has 1 saturated heterocycles. The summed E-state index contributed by atoms with van der Waals surface area (Å²) in [6.07, 6.45) is 4.68. The van der Waals surface area contributed by atoms with Crippen LogP contribution in [0.25, 0.3) is 0 Å². The topological polar surface area (TPSA) is 53.6 Å². The van der Waals surface area contributed by atoms with E-state index in [0.717, 1.165) is 19.6 Å². The molecule has 100 valence electrons. The predicted molar refractivity (Wildman–Crippen MR) is 77.7 cm³/mol. The molecule has 2 unspecified atom stereocenters. The number of nitrogens with zero attached hydrogens (tertiary/aromatic N) is 2. The zero-order valence-electron chi connectivity index (χ0n) is 11.3. The van der Waals surface area contributed by atoms with Gasteiger partial charge >= 0.3 is 0 Å². The summed E-state index contributed by atoms with van der Waals surface area (Å²) in [5, 5.41) is 3.78. The van der Waals surface area contributed by atoms with E-state index in [9.17, 15) is 0 Å². The third kappa shape index (κ3) is 5.17. The molecule has 0 aliphatic carbocycles. The number of thioether (sulfide) groups is 1. The monoisotopic (exact) mass is 258 g/mol. The van der Waals surface area contributed by atoms with Gasteiger partial charge in [-0.3, -0.25) is 9.89 Å². The van der Waals surface area contributed by atoms with Gasteiger partial charge in [-0.05, 0) is 32.2 Å². The highest BCUT2D eigenvalue weighted by Gasteiger charge is 2.22. The van der Waals surface area contributed by atoms with Gasteiger partial charge in [0.25, 0.3) is 0 Å². The van der Waals surface area contributed by atoms with Gasteiger partial charge in [-0.1, -0.05) is 13.8 Å². The zero-order valence-corrected chi connectivity index (χ0v) is 12.1. The smallest absolute Gasteiger partial charge is 0.188 e. The van der Waals surface area contributed by atoms with Gasteiger partial charge in [0.1, 0.15) is 0 Å². The van der Waals surface area contributed by atoms with Crippen molar-refractivity contribution < 1.29 is 0 Å². The van der Waals surface area contributed by atoms with Gasteiger partial charge in [0, 0.05) is 17.8 Å². The first-order chi connectivity index (χ1) is 8.17. The van der Waals surface area contributed by atoms with Crippen molar-refractivity contribution in [3.05, 3.63) is 0 Å². The fraction of sp³-hybridized carbons (Fsp3) is 0.917. The predicted octanol–water partition coefficient (Wildman–Crippen LogP) is 1.13. The lowest BCUT2D eigenvalue weighted by molar-refractivity contribution is 0.267. The summed E-state index contributed by atoms with van der Waals surface area (Å²) >= 11 is 1.82. The SMILES string of the molecule is CCN1CCCC1CNC(N)=NCC(C)SC. The number of likely N-dealkylation sites (tertiary alicyclic amines) is 1. The minimum absolute atomic E-state index is 0.536. The third-order valence-corrected chi connectivity index (χ3v) is 4.30. The minimum Gasteiger partial charge on any atom is -0.370 e. The lowest BCUT2D eigenvalue weighted by Gasteiger charge is -2.23. The maximum Gasteiger partial charge on any atom is 0.188 e. The van der Waals surface area contributed by atoms with Gasteiger partial charge in [-0.15, -0.1) is 0 Å². The Bertz CT molecular complexity index is 245. The van der Waals surface area contributed by atoms with Crippen molar-refractivity contribution in [2.24, 2.45) is 10.7 Å². The van der Waals surface area contributed by atoms with Crippen molar-refractivity contribution in [2.75, 3.05) is 32.4 Å². The Morgan fingerprint density at radius 3 is 3.06 bits per heavy atom. The van der Waals surface area contributed by atoms with E-state index in [1.807, 2.05) is 11.8 Å². The van der Waals surface area contributed by atoms with Crippen LogP contribution in [-0.4, -0.2) is 54.6 Å². The van der Waals surface area contributed by atoms with Crippen molar-refractivity contribution in [1.82, 2.24) is 10.2 Å². The molecule has 0 spiro atoms. The lowest BCUT2D eigenvalue weighted by atomic mass is 10.2. The first-order valence-corrected chi connectivity index (χ1v) is 7.76. The average molecular weight is 258 g/mol. The van der Waals surface area contributed by atoms with Crippen molar-refractivity contribution in [3.8, 4) is 0 Å². The molecular formula is C12H26N4S. The summed E-state index contributed by atoms with van der Waals surface area (Å²) < 4.78 is 0. The van der Waals surface area contributed by atoms with E-state index in [1.165, 1.54) is 19.4 Å². The summed E-state index contributed by atoms with van der Waals surface area (Å²) in [5.74, 6) is 0.592. The standard InChI is InChI=1S/C12H26N4S/c1-4-16-7-5-6-11(16)9-15-12(13)14-8-10(2)17-3/h10-11H,4-9H2,1-3H3,(H3,13,14,15). The Balaban J connectivity index is 2.25. The fourth-order valence-electron chi connectivity index (χ4n) is 2.12. The van der Waals surface area contributed by atoms with Gasteiger partial charge in [-0.25, -0.2) is 0 Å². The van der Waals surface area contributed by atoms with E-state index >= 15 is 0 Å². The van der Waals surface area contributed by atoms with Crippen molar-refractivity contribution in [2.45, 2.75) is 38.0 Å². The van der Waals surface area contributed by atoms with Crippen LogP contribution in [0, 0.1) is 0 Å². The maximum absolute atomic E-state index is 5.85.